The summed E-state index contributed by atoms with van der Waals surface area (Å²) in [6.07, 6.45) is -0.388. The van der Waals surface area contributed by atoms with Gasteiger partial charge in [0.2, 0.25) is 27.8 Å². The number of sulfonamides is 1. The molecule has 0 aliphatic carbocycles. The van der Waals surface area contributed by atoms with E-state index in [1.165, 1.54) is 13.1 Å². The van der Waals surface area contributed by atoms with Crippen LogP contribution in [-0.2, 0) is 38.9 Å². The Morgan fingerprint density at radius 2 is 1.64 bits per heavy atom. The summed E-state index contributed by atoms with van der Waals surface area (Å²) in [5, 5.41) is 8.06. The number of imide groups is 1. The number of rotatable bonds is 12. The van der Waals surface area contributed by atoms with Crippen molar-refractivity contribution in [1.29, 1.82) is 0 Å². The van der Waals surface area contributed by atoms with Crippen molar-refractivity contribution in [2.45, 2.75) is 56.9 Å². The first-order valence-corrected chi connectivity index (χ1v) is 21.4. The van der Waals surface area contributed by atoms with Crippen LogP contribution in [0.15, 0.2) is 72.9 Å². The fourth-order valence-corrected chi connectivity index (χ4v) is 8.38. The number of carbonyl (C=O) groups is 2. The number of halogens is 4. The molecule has 0 radical (unpaired) electrons. The minimum absolute atomic E-state index is 0.0189. The molecule has 3 aromatic carbocycles. The third-order valence-corrected chi connectivity index (χ3v) is 12.5. The van der Waals surface area contributed by atoms with Crippen molar-refractivity contribution in [3.05, 3.63) is 101 Å². The van der Waals surface area contributed by atoms with Gasteiger partial charge in [-0.05, 0) is 72.9 Å². The average molecular weight is 838 g/mol. The molecule has 2 amide bonds. The van der Waals surface area contributed by atoms with Crippen molar-refractivity contribution < 1.29 is 35.6 Å². The van der Waals surface area contributed by atoms with Gasteiger partial charge in [0.25, 0.3) is 0 Å². The first-order valence-electron chi connectivity index (χ1n) is 19.5. The Morgan fingerprint density at radius 1 is 0.915 bits per heavy atom. The lowest BCUT2D eigenvalue weighted by molar-refractivity contribution is -0.137. The second-order valence-electron chi connectivity index (χ2n) is 15.3. The van der Waals surface area contributed by atoms with Gasteiger partial charge in [0.15, 0.2) is 0 Å². The molecule has 7 rings (SSSR count). The van der Waals surface area contributed by atoms with Gasteiger partial charge in [-0.1, -0.05) is 24.3 Å². The number of hydrogen-bond acceptors (Lipinski definition) is 11. The molecule has 3 aliphatic rings. The largest absolute Gasteiger partial charge is 0.421 e. The average Bonchev–Trinajstić information content (AvgIpc) is 3.20. The molecule has 1 unspecified atom stereocenters. The van der Waals surface area contributed by atoms with Gasteiger partial charge in [-0.3, -0.25) is 29.0 Å². The van der Waals surface area contributed by atoms with Gasteiger partial charge in [-0.15, -0.1) is 0 Å². The Balaban J connectivity index is 0.888. The number of anilines is 5. The van der Waals surface area contributed by atoms with Crippen LogP contribution in [0, 0.1) is 5.82 Å². The van der Waals surface area contributed by atoms with E-state index in [1.54, 1.807) is 30.3 Å². The molecule has 314 valence electrons. The van der Waals surface area contributed by atoms with Gasteiger partial charge in [0.1, 0.15) is 17.2 Å². The maximum Gasteiger partial charge on any atom is 0.421 e. The molecule has 4 aromatic rings. The van der Waals surface area contributed by atoms with Gasteiger partial charge in [-0.2, -0.15) is 18.2 Å². The Labute approximate surface area is 340 Å². The monoisotopic (exact) mass is 837 g/mol. The summed E-state index contributed by atoms with van der Waals surface area (Å²) in [4.78, 5) is 39.0. The molecule has 3 saturated heterocycles. The summed E-state index contributed by atoms with van der Waals surface area (Å²) in [6, 6.07) is 19.6. The van der Waals surface area contributed by atoms with Gasteiger partial charge >= 0.3 is 6.18 Å². The van der Waals surface area contributed by atoms with Gasteiger partial charge in [0.05, 0.1) is 17.9 Å². The van der Waals surface area contributed by atoms with Crippen LogP contribution in [0.5, 0.6) is 0 Å². The molecule has 3 fully saturated rings. The number of nitrogens with zero attached hydrogens (tertiary/aromatic N) is 6. The summed E-state index contributed by atoms with van der Waals surface area (Å²) in [5.41, 5.74) is 2.74. The lowest BCUT2D eigenvalue weighted by Crippen LogP contribution is -2.53. The Morgan fingerprint density at radius 3 is 2.31 bits per heavy atom. The van der Waals surface area contributed by atoms with E-state index in [9.17, 15) is 31.2 Å². The normalized spacial score (nSPS) is 18.7. The van der Waals surface area contributed by atoms with Crippen molar-refractivity contribution in [2.75, 3.05) is 72.4 Å². The highest BCUT2D eigenvalue weighted by molar-refractivity contribution is 7.92. The zero-order valence-corrected chi connectivity index (χ0v) is 33.6. The highest BCUT2D eigenvalue weighted by Gasteiger charge is 2.36. The zero-order chi connectivity index (χ0) is 41.9. The van der Waals surface area contributed by atoms with Crippen LogP contribution in [0.25, 0.3) is 0 Å². The number of amides is 2. The van der Waals surface area contributed by atoms with E-state index >= 15 is 4.39 Å². The van der Waals surface area contributed by atoms with Crippen molar-refractivity contribution in [2.24, 2.45) is 0 Å². The molecule has 18 heteroatoms. The second kappa shape index (κ2) is 17.5. The summed E-state index contributed by atoms with van der Waals surface area (Å²) in [7, 11) is -2.12. The first kappa shape index (κ1) is 41.8. The van der Waals surface area contributed by atoms with Gasteiger partial charge in [-0.25, -0.2) is 17.8 Å². The first-order chi connectivity index (χ1) is 28.1. The maximum absolute atomic E-state index is 15.1. The molecule has 0 saturated carbocycles. The number of alkyl halides is 3. The fourth-order valence-electron chi connectivity index (χ4n) is 7.88. The second-order valence-corrected chi connectivity index (χ2v) is 17.3. The highest BCUT2D eigenvalue weighted by atomic mass is 32.2. The van der Waals surface area contributed by atoms with Crippen molar-refractivity contribution in [3.63, 3.8) is 0 Å². The van der Waals surface area contributed by atoms with Crippen LogP contribution in [-0.4, -0.2) is 98.6 Å². The van der Waals surface area contributed by atoms with Crippen LogP contribution in [0.2, 0.25) is 0 Å². The zero-order valence-electron chi connectivity index (χ0n) is 32.8. The van der Waals surface area contributed by atoms with E-state index < -0.39 is 45.2 Å². The van der Waals surface area contributed by atoms with Crippen molar-refractivity contribution >= 4 is 50.7 Å². The predicted octanol–water partition coefficient (Wildman–Crippen LogP) is 5.69. The highest BCUT2D eigenvalue weighted by Crippen LogP contribution is 2.35. The Hall–Kier alpha value is -5.33. The molecule has 13 nitrogen and oxygen atoms in total. The molecule has 3 N–H and O–H groups in total. The lowest BCUT2D eigenvalue weighted by Gasteiger charge is -2.43. The topological polar surface area (TPSA) is 143 Å². The summed E-state index contributed by atoms with van der Waals surface area (Å²) < 4.78 is 81.8. The third kappa shape index (κ3) is 10.3. The quantitative estimate of drug-likeness (QED) is 0.120. The smallest absolute Gasteiger partial charge is 0.371 e. The molecule has 0 bridgehead atoms. The SMILES string of the molecule is CN(c1cccc(CNc2nc(Nc3ccc(N4CCC(N5CCN(Cc6ccc(C7CCC(=O)NC7=O)c(F)c6)CC5)CC4)cc3)ncc2C(F)(F)F)c1)S(C)(=O)=O. The van der Waals surface area contributed by atoms with Gasteiger partial charge in [0, 0.05) is 95.0 Å². The lowest BCUT2D eigenvalue weighted by atomic mass is 9.89. The van der Waals surface area contributed by atoms with E-state index in [4.69, 9.17) is 0 Å². The maximum atomic E-state index is 15.1. The minimum atomic E-state index is -4.71. The standard InChI is InChI=1S/C41H47F4N9O4S/c1-51(59(2,57)58)32-5-3-4-27(22-32)24-46-38-35(41(43,44)45)25-47-40(50-38)48-29-7-9-30(10-8-29)53-16-14-31(15-17-53)54-20-18-52(19-21-54)26-28-6-11-33(36(42)23-28)34-12-13-37(55)49-39(34)56/h3-11,22-23,25,31,34H,12-21,24,26H2,1-2H3,(H,49,55,56)(H2,46,47,48,50). The molecular formula is C41H47F4N9O4S. The van der Waals surface area contributed by atoms with Crippen LogP contribution in [0.1, 0.15) is 53.9 Å². The summed E-state index contributed by atoms with van der Waals surface area (Å²) in [5.74, 6) is -2.25. The Bertz CT molecular complexity index is 2260. The summed E-state index contributed by atoms with van der Waals surface area (Å²) >= 11 is 0. The van der Waals surface area contributed by atoms with E-state index in [2.05, 4.69) is 40.6 Å². The van der Waals surface area contributed by atoms with Crippen LogP contribution in [0.3, 0.4) is 0 Å². The van der Waals surface area contributed by atoms with E-state index in [0.29, 0.717) is 41.5 Å². The van der Waals surface area contributed by atoms with Gasteiger partial charge < -0.3 is 15.5 Å². The number of aromatic nitrogens is 2. The summed E-state index contributed by atoms with van der Waals surface area (Å²) in [6.45, 7) is 5.90. The molecule has 1 aromatic heterocycles. The predicted molar refractivity (Wildman–Crippen MR) is 217 cm³/mol. The Kier molecular flexibility index (Phi) is 12.4. The molecule has 1 atom stereocenters. The molecule has 0 spiro atoms. The number of piperidine rings is 2. The minimum Gasteiger partial charge on any atom is -0.371 e. The van der Waals surface area contributed by atoms with E-state index in [-0.39, 0.29) is 24.8 Å². The number of hydrogen-bond donors (Lipinski definition) is 3. The van der Waals surface area contributed by atoms with Crippen molar-refractivity contribution in [3.8, 4) is 0 Å². The van der Waals surface area contributed by atoms with Crippen LogP contribution < -0.4 is 25.2 Å². The number of carbonyl (C=O) groups excluding carboxylic acids is 2. The van der Waals surface area contributed by atoms with Crippen molar-refractivity contribution in [1.82, 2.24) is 25.1 Å². The molecule has 4 heterocycles. The molecular weight excluding hydrogens is 791 g/mol. The van der Waals surface area contributed by atoms with E-state index in [0.717, 1.165) is 80.1 Å². The fraction of sp³-hybridized carbons (Fsp3) is 0.415. The molecule has 59 heavy (non-hydrogen) atoms. The number of piperazine rings is 1. The molecule has 3 aliphatic heterocycles. The van der Waals surface area contributed by atoms with Crippen LogP contribution >= 0.6 is 0 Å². The third-order valence-electron chi connectivity index (χ3n) is 11.3. The van der Waals surface area contributed by atoms with E-state index in [1.807, 2.05) is 30.3 Å². The number of nitrogens with one attached hydrogen (secondary N) is 3. The number of benzene rings is 3. The van der Waals surface area contributed by atoms with Crippen LogP contribution in [0.4, 0.5) is 46.4 Å².